The predicted molar refractivity (Wildman–Crippen MR) is 233 cm³/mol. The number of H-pyrrole nitrogens is 1. The van der Waals surface area contributed by atoms with Crippen molar-refractivity contribution in [3.05, 3.63) is 133 Å². The SMILES string of the molecule is Cc1cc(-n2nc3c(c2-n2ccn(-c4ccc5c(cnn5C5CC5)c4F)c2=O)[C@H](C)N(C(=O)c2cc4nc(C5CCOCC5)ccc4n2[C@@]2(c4noc(=O)[nH]4)C[C@@H]2C)CC3)cc(C)c1F. The van der Waals surface area contributed by atoms with Crippen LogP contribution in [-0.4, -0.2) is 79.0 Å². The van der Waals surface area contributed by atoms with Gasteiger partial charge in [-0.2, -0.15) is 10.2 Å². The highest BCUT2D eigenvalue weighted by Crippen LogP contribution is 2.56. The van der Waals surface area contributed by atoms with E-state index >= 15 is 13.6 Å². The van der Waals surface area contributed by atoms with E-state index in [-0.39, 0.29) is 41.8 Å². The number of aromatic nitrogens is 10. The first-order valence-electron chi connectivity index (χ1n) is 22.3. The molecule has 6 aromatic heterocycles. The zero-order chi connectivity index (χ0) is 44.6. The molecule has 12 rings (SSSR count). The number of ether oxygens (including phenoxy) is 1. The van der Waals surface area contributed by atoms with Crippen molar-refractivity contribution >= 4 is 27.8 Å². The van der Waals surface area contributed by atoms with Gasteiger partial charge in [-0.3, -0.25) is 33.1 Å². The molecule has 0 bridgehead atoms. The van der Waals surface area contributed by atoms with E-state index in [2.05, 4.69) is 15.2 Å². The number of imidazole rings is 1. The summed E-state index contributed by atoms with van der Waals surface area (Å²) in [5.74, 6) is -1.03. The van der Waals surface area contributed by atoms with Crippen molar-refractivity contribution in [3.8, 4) is 17.2 Å². The maximum absolute atomic E-state index is 16.4. The summed E-state index contributed by atoms with van der Waals surface area (Å²) in [6.07, 6.45) is 9.17. The van der Waals surface area contributed by atoms with E-state index in [1.165, 1.54) is 21.5 Å². The smallest absolute Gasteiger partial charge is 0.381 e. The van der Waals surface area contributed by atoms with Gasteiger partial charge < -0.3 is 14.2 Å². The molecular formula is C47H45F2N11O5. The topological polar surface area (TPSA) is 169 Å². The van der Waals surface area contributed by atoms with Crippen LogP contribution in [0.1, 0.15) is 108 Å². The second kappa shape index (κ2) is 14.3. The number of carbonyl (C=O) groups is 1. The number of nitrogens with one attached hydrogen (secondary N) is 1. The third-order valence-electron chi connectivity index (χ3n) is 14.3. The minimum absolute atomic E-state index is 0.0192. The lowest BCUT2D eigenvalue weighted by molar-refractivity contribution is 0.0663. The van der Waals surface area contributed by atoms with E-state index in [1.807, 2.05) is 41.3 Å². The van der Waals surface area contributed by atoms with Gasteiger partial charge in [-0.25, -0.2) is 23.1 Å². The molecule has 2 saturated carbocycles. The summed E-state index contributed by atoms with van der Waals surface area (Å²) in [6, 6.07) is 12.2. The average molecular weight is 882 g/mol. The van der Waals surface area contributed by atoms with Crippen LogP contribution in [0.2, 0.25) is 0 Å². The van der Waals surface area contributed by atoms with Gasteiger partial charge in [-0.15, -0.1) is 0 Å². The first-order valence-corrected chi connectivity index (χ1v) is 22.3. The Morgan fingerprint density at radius 1 is 0.923 bits per heavy atom. The van der Waals surface area contributed by atoms with E-state index in [0.29, 0.717) is 87.9 Å². The Balaban J connectivity index is 0.998. The average Bonchev–Trinajstić information content (AvgIpc) is 3.83. The van der Waals surface area contributed by atoms with Crippen LogP contribution in [0.4, 0.5) is 8.78 Å². The molecule has 8 heterocycles. The van der Waals surface area contributed by atoms with Crippen molar-refractivity contribution in [3.63, 3.8) is 0 Å². The highest BCUT2D eigenvalue weighted by Gasteiger charge is 2.59. The molecular weight excluding hydrogens is 837 g/mol. The fraction of sp³-hybridized carbons (Fsp3) is 0.383. The van der Waals surface area contributed by atoms with E-state index in [4.69, 9.17) is 19.3 Å². The van der Waals surface area contributed by atoms with Crippen LogP contribution in [0.25, 0.3) is 39.1 Å². The second-order valence-electron chi connectivity index (χ2n) is 18.3. The van der Waals surface area contributed by atoms with Crippen LogP contribution in [0.15, 0.2) is 75.2 Å². The van der Waals surface area contributed by atoms with E-state index < -0.39 is 28.8 Å². The molecule has 65 heavy (non-hydrogen) atoms. The molecule has 0 radical (unpaired) electrons. The molecule has 8 aromatic rings. The van der Waals surface area contributed by atoms with E-state index in [0.717, 1.165) is 36.9 Å². The Kier molecular flexibility index (Phi) is 8.70. The Morgan fingerprint density at radius 2 is 1.66 bits per heavy atom. The number of halogens is 2. The van der Waals surface area contributed by atoms with Gasteiger partial charge in [0.15, 0.2) is 11.6 Å². The fourth-order valence-corrected chi connectivity index (χ4v) is 10.6. The molecule has 2 aliphatic carbocycles. The number of carbonyl (C=O) groups excluding carboxylic acids is 1. The quantitative estimate of drug-likeness (QED) is 0.172. The van der Waals surface area contributed by atoms with Crippen LogP contribution in [-0.2, 0) is 16.7 Å². The number of pyridine rings is 1. The lowest BCUT2D eigenvalue weighted by atomic mass is 9.96. The Hall–Kier alpha value is -6.95. The van der Waals surface area contributed by atoms with Crippen LogP contribution in [0.5, 0.6) is 0 Å². The van der Waals surface area contributed by atoms with Gasteiger partial charge in [0.25, 0.3) is 5.91 Å². The lowest BCUT2D eigenvalue weighted by Crippen LogP contribution is -2.41. The molecule has 2 aromatic carbocycles. The maximum Gasteiger partial charge on any atom is 0.438 e. The number of nitrogens with zero attached hydrogens (tertiary/aromatic N) is 10. The Bertz CT molecular complexity index is 3370. The molecule has 18 heteroatoms. The van der Waals surface area contributed by atoms with Crippen molar-refractivity contribution in [2.45, 2.75) is 89.8 Å². The van der Waals surface area contributed by atoms with Gasteiger partial charge in [-0.1, -0.05) is 12.1 Å². The van der Waals surface area contributed by atoms with Gasteiger partial charge in [-0.05, 0) is 112 Å². The molecule has 16 nitrogen and oxygen atoms in total. The molecule has 1 saturated heterocycles. The number of aromatic amines is 1. The zero-order valence-corrected chi connectivity index (χ0v) is 36.2. The highest BCUT2D eigenvalue weighted by molar-refractivity contribution is 5.99. The monoisotopic (exact) mass is 881 g/mol. The summed E-state index contributed by atoms with van der Waals surface area (Å²) in [5, 5.41) is 14.0. The summed E-state index contributed by atoms with van der Waals surface area (Å²) in [4.78, 5) is 52.3. The number of hydrogen-bond acceptors (Lipinski definition) is 9. The number of amides is 1. The van der Waals surface area contributed by atoms with Gasteiger partial charge in [0.1, 0.15) is 22.9 Å². The zero-order valence-electron chi connectivity index (χ0n) is 36.2. The van der Waals surface area contributed by atoms with Crippen LogP contribution >= 0.6 is 0 Å². The highest BCUT2D eigenvalue weighted by atomic mass is 19.1. The molecule has 0 unspecified atom stereocenters. The van der Waals surface area contributed by atoms with Gasteiger partial charge in [0.05, 0.1) is 57.3 Å². The molecule has 2 aliphatic heterocycles. The molecule has 4 aliphatic rings. The first-order chi connectivity index (χ1) is 31.4. The van der Waals surface area contributed by atoms with Crippen molar-refractivity contribution in [1.82, 2.24) is 53.3 Å². The third kappa shape index (κ3) is 5.91. The number of hydrogen-bond donors (Lipinski definition) is 1. The summed E-state index contributed by atoms with van der Waals surface area (Å²) in [5.41, 5.74) is 4.51. The summed E-state index contributed by atoms with van der Waals surface area (Å²) >= 11 is 0. The molecule has 3 fully saturated rings. The normalized spacial score (nSPS) is 21.2. The van der Waals surface area contributed by atoms with Gasteiger partial charge in [0, 0.05) is 55.7 Å². The lowest BCUT2D eigenvalue weighted by Gasteiger charge is -2.34. The van der Waals surface area contributed by atoms with Crippen LogP contribution < -0.4 is 11.4 Å². The van der Waals surface area contributed by atoms with Crippen molar-refractivity contribution in [2.24, 2.45) is 5.92 Å². The van der Waals surface area contributed by atoms with E-state index in [9.17, 15) is 9.59 Å². The minimum atomic E-state index is -0.885. The number of aryl methyl sites for hydroxylation is 2. The largest absolute Gasteiger partial charge is 0.438 e. The van der Waals surface area contributed by atoms with Crippen molar-refractivity contribution in [1.29, 1.82) is 0 Å². The van der Waals surface area contributed by atoms with Crippen LogP contribution in [0, 0.1) is 31.4 Å². The summed E-state index contributed by atoms with van der Waals surface area (Å²) < 4.78 is 50.3. The first kappa shape index (κ1) is 39.6. The van der Waals surface area contributed by atoms with Crippen molar-refractivity contribution in [2.75, 3.05) is 19.8 Å². The fourth-order valence-electron chi connectivity index (χ4n) is 10.6. The molecule has 1 amide bonds. The maximum atomic E-state index is 16.4. The number of rotatable bonds is 8. The Morgan fingerprint density at radius 3 is 2.37 bits per heavy atom. The molecule has 0 spiro atoms. The number of fused-ring (bicyclic) bond motifs is 3. The van der Waals surface area contributed by atoms with Gasteiger partial charge >= 0.3 is 11.4 Å². The second-order valence-corrected chi connectivity index (χ2v) is 18.3. The standard InChI is InChI=1S/C47H45F2N11O5/c1-24-19-30(20-25(2)40(24)48)60-42(57-16-15-56(46(57)63)37-10-9-35-31(41(37)49)23-50-59(35)29-5-6-29)39-27(4)55(14-11-33(39)53-60)43(61)38-21-34-36(8-7-32(51-34)28-12-17-64-18-13-28)58(38)47(22-26(47)3)44-52-45(62)65-54-44/h7-10,15-16,19-21,23,26-29H,5-6,11-14,17-18,22H2,1-4H3,(H,52,54,62)/t26-,27-,47-/m0/s1. The third-order valence-corrected chi connectivity index (χ3v) is 14.3. The number of benzene rings is 2. The molecule has 332 valence electrons. The molecule has 3 atom stereocenters. The summed E-state index contributed by atoms with van der Waals surface area (Å²) in [7, 11) is 0. The minimum Gasteiger partial charge on any atom is -0.381 e. The van der Waals surface area contributed by atoms with E-state index in [1.54, 1.807) is 53.9 Å². The Labute approximate surface area is 369 Å². The summed E-state index contributed by atoms with van der Waals surface area (Å²) in [6.45, 7) is 8.88. The predicted octanol–water partition coefficient (Wildman–Crippen LogP) is 6.86. The molecule has 1 N–H and O–H groups in total. The van der Waals surface area contributed by atoms with Crippen molar-refractivity contribution < 1.29 is 22.8 Å². The van der Waals surface area contributed by atoms with Crippen LogP contribution in [0.3, 0.4) is 0 Å². The van der Waals surface area contributed by atoms with Gasteiger partial charge in [0.2, 0.25) is 0 Å².